The van der Waals surface area contributed by atoms with E-state index in [4.69, 9.17) is 17.0 Å². The largest absolute Gasteiger partial charge is 0.508 e. The lowest BCUT2D eigenvalue weighted by Gasteiger charge is -2.06. The molecule has 0 amide bonds. The first-order chi connectivity index (χ1) is 6.24. The average Bonchev–Trinajstić information content (AvgIpc) is 2.16. The zero-order chi connectivity index (χ0) is 9.68. The first-order valence-electron chi connectivity index (χ1n) is 4.16. The number of aromatic hydroxyl groups is 1. The third-order valence-corrected chi connectivity index (χ3v) is 2.08. The third-order valence-electron chi connectivity index (χ3n) is 1.67. The fourth-order valence-electron chi connectivity index (χ4n) is 0.893. The first-order valence-corrected chi connectivity index (χ1v) is 4.57. The maximum absolute atomic E-state index is 9.37. The lowest BCUT2D eigenvalue weighted by molar-refractivity contribution is 0.287. The van der Waals surface area contributed by atoms with Gasteiger partial charge in [-0.15, -0.1) is 0 Å². The molecule has 0 aliphatic carbocycles. The summed E-state index contributed by atoms with van der Waals surface area (Å²) in [5.41, 5.74) is 0.762. The number of ether oxygens (including phenoxy) is 1. The van der Waals surface area contributed by atoms with E-state index in [1.54, 1.807) is 12.1 Å². The third kappa shape index (κ3) is 3.03. The van der Waals surface area contributed by atoms with Crippen LogP contribution in [0.1, 0.15) is 18.9 Å². The Balaban J connectivity index is 2.54. The molecule has 1 aromatic carbocycles. The van der Waals surface area contributed by atoms with Crippen molar-refractivity contribution in [2.75, 3.05) is 0 Å². The monoisotopic (exact) mass is 196 g/mol. The van der Waals surface area contributed by atoms with E-state index in [-0.39, 0.29) is 5.75 Å². The van der Waals surface area contributed by atoms with Crippen molar-refractivity contribution < 1.29 is 9.84 Å². The van der Waals surface area contributed by atoms with Gasteiger partial charge in [0.25, 0.3) is 0 Å². The van der Waals surface area contributed by atoms with Gasteiger partial charge >= 0.3 is 0 Å². The molecular formula is C10H12O2S. The first kappa shape index (κ1) is 9.99. The van der Waals surface area contributed by atoms with Gasteiger partial charge in [-0.25, -0.2) is 0 Å². The highest BCUT2D eigenvalue weighted by Crippen LogP contribution is 2.16. The Morgan fingerprint density at radius 1 is 1.46 bits per heavy atom. The van der Waals surface area contributed by atoms with E-state index in [1.165, 1.54) is 0 Å². The number of hydrogen-bond acceptors (Lipinski definition) is 3. The van der Waals surface area contributed by atoms with E-state index in [1.807, 2.05) is 19.1 Å². The van der Waals surface area contributed by atoms with E-state index < -0.39 is 0 Å². The van der Waals surface area contributed by atoms with E-state index in [0.29, 0.717) is 11.7 Å². The van der Waals surface area contributed by atoms with Crippen LogP contribution in [0.2, 0.25) is 0 Å². The number of phenolic OH excluding ortho intramolecular Hbond substituents is 1. The Hall–Kier alpha value is -1.09. The van der Waals surface area contributed by atoms with E-state index in [9.17, 15) is 5.11 Å². The molecule has 0 fully saturated rings. The predicted molar refractivity (Wildman–Crippen MR) is 55.8 cm³/mol. The zero-order valence-electron chi connectivity index (χ0n) is 7.49. The molecule has 1 N–H and O–H groups in total. The number of para-hydroxylation sites is 1. The molecule has 0 bridgehead atoms. The Labute approximate surface area is 83.2 Å². The highest BCUT2D eigenvalue weighted by molar-refractivity contribution is 7.80. The van der Waals surface area contributed by atoms with Crippen LogP contribution in [0.25, 0.3) is 0 Å². The zero-order valence-corrected chi connectivity index (χ0v) is 8.30. The Kier molecular flexibility index (Phi) is 3.71. The number of thiocarbonyl (C=S) groups is 1. The van der Waals surface area contributed by atoms with E-state index in [0.717, 1.165) is 12.0 Å². The fraction of sp³-hybridized carbons (Fsp3) is 0.300. The molecule has 13 heavy (non-hydrogen) atoms. The van der Waals surface area contributed by atoms with Crippen LogP contribution in [0.5, 0.6) is 5.75 Å². The standard InChI is InChI=1S/C10H12O2S/c1-2-10(13)12-7-8-5-3-4-6-9(8)11/h3-6,11H,2,7H2,1H3. The van der Waals surface area contributed by atoms with Crippen molar-refractivity contribution in [1.82, 2.24) is 0 Å². The minimum absolute atomic E-state index is 0.251. The Bertz CT molecular complexity index is 297. The Morgan fingerprint density at radius 2 is 2.15 bits per heavy atom. The van der Waals surface area contributed by atoms with Gasteiger partial charge in [0.15, 0.2) is 5.05 Å². The van der Waals surface area contributed by atoms with Crippen molar-refractivity contribution in [2.45, 2.75) is 20.0 Å². The number of rotatable bonds is 3. The molecule has 0 saturated carbocycles. The average molecular weight is 196 g/mol. The van der Waals surface area contributed by atoms with Crippen LogP contribution in [0, 0.1) is 0 Å². The quantitative estimate of drug-likeness (QED) is 0.754. The molecule has 0 heterocycles. The molecule has 0 aliphatic rings. The summed E-state index contributed by atoms with van der Waals surface area (Å²) in [5, 5.41) is 9.95. The van der Waals surface area contributed by atoms with Gasteiger partial charge in [-0.05, 0) is 18.3 Å². The topological polar surface area (TPSA) is 29.5 Å². The lowest BCUT2D eigenvalue weighted by atomic mass is 10.2. The minimum Gasteiger partial charge on any atom is -0.508 e. The molecule has 1 aromatic rings. The molecular weight excluding hydrogens is 184 g/mol. The molecule has 0 spiro atoms. The van der Waals surface area contributed by atoms with Gasteiger partial charge in [0.2, 0.25) is 0 Å². The maximum Gasteiger partial charge on any atom is 0.159 e. The normalized spacial score (nSPS) is 9.62. The highest BCUT2D eigenvalue weighted by atomic mass is 32.1. The second kappa shape index (κ2) is 4.82. The summed E-state index contributed by atoms with van der Waals surface area (Å²) in [7, 11) is 0. The second-order valence-electron chi connectivity index (χ2n) is 2.64. The molecule has 0 unspecified atom stereocenters. The van der Waals surface area contributed by atoms with Gasteiger partial charge in [0.1, 0.15) is 12.4 Å². The van der Waals surface area contributed by atoms with Gasteiger partial charge < -0.3 is 9.84 Å². The van der Waals surface area contributed by atoms with Crippen molar-refractivity contribution in [3.05, 3.63) is 29.8 Å². The van der Waals surface area contributed by atoms with Crippen LogP contribution in [-0.2, 0) is 11.3 Å². The summed E-state index contributed by atoms with van der Waals surface area (Å²) >= 11 is 4.89. The smallest absolute Gasteiger partial charge is 0.159 e. The van der Waals surface area contributed by atoms with Crippen molar-refractivity contribution in [3.63, 3.8) is 0 Å². The summed E-state index contributed by atoms with van der Waals surface area (Å²) in [6.07, 6.45) is 0.725. The summed E-state index contributed by atoms with van der Waals surface area (Å²) in [6.45, 7) is 2.28. The summed E-state index contributed by atoms with van der Waals surface area (Å²) in [4.78, 5) is 0. The molecule has 0 aromatic heterocycles. The highest BCUT2D eigenvalue weighted by Gasteiger charge is 2.00. The predicted octanol–water partition coefficient (Wildman–Crippen LogP) is 2.65. The van der Waals surface area contributed by atoms with Gasteiger partial charge in [0.05, 0.1) is 0 Å². The molecule has 0 aliphatic heterocycles. The summed E-state index contributed by atoms with van der Waals surface area (Å²) in [5.74, 6) is 0.251. The Morgan fingerprint density at radius 3 is 2.77 bits per heavy atom. The van der Waals surface area contributed by atoms with Gasteiger partial charge in [-0.1, -0.05) is 25.1 Å². The van der Waals surface area contributed by atoms with Crippen LogP contribution < -0.4 is 0 Å². The molecule has 2 nitrogen and oxygen atoms in total. The van der Waals surface area contributed by atoms with Crippen LogP contribution in [0.3, 0.4) is 0 Å². The maximum atomic E-state index is 9.37. The van der Waals surface area contributed by atoms with Crippen LogP contribution in [0.4, 0.5) is 0 Å². The molecule has 3 heteroatoms. The number of phenols is 1. The summed E-state index contributed by atoms with van der Waals surface area (Å²) in [6, 6.07) is 7.08. The summed E-state index contributed by atoms with van der Waals surface area (Å²) < 4.78 is 5.23. The molecule has 0 atom stereocenters. The van der Waals surface area contributed by atoms with Gasteiger partial charge in [-0.2, -0.15) is 0 Å². The van der Waals surface area contributed by atoms with Crippen LogP contribution in [-0.4, -0.2) is 10.2 Å². The van der Waals surface area contributed by atoms with Crippen molar-refractivity contribution in [3.8, 4) is 5.75 Å². The molecule has 0 saturated heterocycles. The molecule has 1 rings (SSSR count). The lowest BCUT2D eigenvalue weighted by Crippen LogP contribution is -1.99. The van der Waals surface area contributed by atoms with Crippen LogP contribution in [0.15, 0.2) is 24.3 Å². The number of hydrogen-bond donors (Lipinski definition) is 1. The van der Waals surface area contributed by atoms with Gasteiger partial charge in [0, 0.05) is 12.0 Å². The van der Waals surface area contributed by atoms with Crippen LogP contribution >= 0.6 is 12.2 Å². The van der Waals surface area contributed by atoms with E-state index in [2.05, 4.69) is 0 Å². The van der Waals surface area contributed by atoms with Crippen molar-refractivity contribution in [2.24, 2.45) is 0 Å². The minimum atomic E-state index is 0.251. The fourth-order valence-corrected chi connectivity index (χ4v) is 0.952. The number of benzene rings is 1. The van der Waals surface area contributed by atoms with Crippen molar-refractivity contribution >= 4 is 17.3 Å². The molecule has 0 radical (unpaired) electrons. The second-order valence-corrected chi connectivity index (χ2v) is 3.10. The molecule has 70 valence electrons. The van der Waals surface area contributed by atoms with Gasteiger partial charge in [-0.3, -0.25) is 0 Å². The van der Waals surface area contributed by atoms with Crippen molar-refractivity contribution in [1.29, 1.82) is 0 Å². The van der Waals surface area contributed by atoms with E-state index >= 15 is 0 Å². The SMILES string of the molecule is CCC(=S)OCc1ccccc1O.